The van der Waals surface area contributed by atoms with Gasteiger partial charge in [-0.05, 0) is 24.3 Å². The maximum atomic E-state index is 6.13. The first-order valence-electron chi connectivity index (χ1n) is 5.87. The van der Waals surface area contributed by atoms with Crippen molar-refractivity contribution in [2.45, 2.75) is 24.0 Å². The lowest BCUT2D eigenvalue weighted by atomic mass is 9.91. The van der Waals surface area contributed by atoms with Crippen LogP contribution in [0.3, 0.4) is 0 Å². The molecule has 1 saturated carbocycles. The fraction of sp³-hybridized carbons (Fsp3) is 0.538. The summed E-state index contributed by atoms with van der Waals surface area (Å²) in [5, 5.41) is 0.0299. The van der Waals surface area contributed by atoms with Crippen LogP contribution in [0.4, 0.5) is 0 Å². The average molecular weight is 336 g/mol. The Morgan fingerprint density at radius 3 is 2.61 bits per heavy atom. The van der Waals surface area contributed by atoms with E-state index in [1.54, 1.807) is 7.11 Å². The van der Waals surface area contributed by atoms with E-state index in [-0.39, 0.29) is 17.6 Å². The summed E-state index contributed by atoms with van der Waals surface area (Å²) in [7, 11) is 1.65. The van der Waals surface area contributed by atoms with Crippen LogP contribution in [0, 0.1) is 0 Å². The van der Waals surface area contributed by atoms with Crippen LogP contribution in [0.25, 0.3) is 0 Å². The van der Waals surface area contributed by atoms with Crippen LogP contribution in [0.5, 0.6) is 5.75 Å². The molecule has 3 atom stereocenters. The summed E-state index contributed by atoms with van der Waals surface area (Å²) in [5.74, 6) is 0.840. The van der Waals surface area contributed by atoms with Crippen molar-refractivity contribution in [2.75, 3.05) is 20.3 Å². The van der Waals surface area contributed by atoms with Gasteiger partial charge in [-0.1, -0.05) is 15.9 Å². The van der Waals surface area contributed by atoms with Crippen molar-refractivity contribution in [3.63, 3.8) is 0 Å². The van der Waals surface area contributed by atoms with Crippen molar-refractivity contribution in [1.29, 1.82) is 0 Å². The quantitative estimate of drug-likeness (QED) is 0.590. The van der Waals surface area contributed by atoms with Crippen LogP contribution in [0.1, 0.15) is 6.42 Å². The topological polar surface area (TPSA) is 27.7 Å². The second kappa shape index (κ2) is 6.75. The molecule has 1 aliphatic rings. The molecule has 0 saturated heterocycles. The first-order chi connectivity index (χ1) is 8.70. The average Bonchev–Trinajstić information content (AvgIpc) is 2.36. The van der Waals surface area contributed by atoms with Gasteiger partial charge in [0.2, 0.25) is 0 Å². The van der Waals surface area contributed by atoms with Crippen LogP contribution >= 0.6 is 27.5 Å². The molecule has 1 aliphatic carbocycles. The largest absolute Gasteiger partial charge is 0.488 e. The van der Waals surface area contributed by atoms with Gasteiger partial charge >= 0.3 is 0 Å². The molecule has 1 fully saturated rings. The van der Waals surface area contributed by atoms with E-state index in [9.17, 15) is 0 Å². The number of hydrogen-bond acceptors (Lipinski definition) is 3. The van der Waals surface area contributed by atoms with E-state index in [1.165, 1.54) is 0 Å². The predicted molar refractivity (Wildman–Crippen MR) is 74.4 cm³/mol. The van der Waals surface area contributed by atoms with Gasteiger partial charge < -0.3 is 14.2 Å². The van der Waals surface area contributed by atoms with Gasteiger partial charge in [0.05, 0.1) is 18.6 Å². The Hall–Kier alpha value is -0.290. The molecule has 3 nitrogen and oxygen atoms in total. The Morgan fingerprint density at radius 2 is 2.00 bits per heavy atom. The van der Waals surface area contributed by atoms with E-state index in [0.29, 0.717) is 13.2 Å². The number of benzene rings is 1. The number of rotatable bonds is 6. The third-order valence-electron chi connectivity index (χ3n) is 2.88. The van der Waals surface area contributed by atoms with E-state index in [1.807, 2.05) is 24.3 Å². The molecule has 0 aliphatic heterocycles. The second-order valence-corrected chi connectivity index (χ2v) is 5.67. The van der Waals surface area contributed by atoms with Gasteiger partial charge in [-0.25, -0.2) is 0 Å². The molecule has 0 heterocycles. The maximum absolute atomic E-state index is 6.13. The van der Waals surface area contributed by atoms with E-state index >= 15 is 0 Å². The predicted octanol–water partition coefficient (Wildman–Crippen LogP) is 3.24. The zero-order valence-electron chi connectivity index (χ0n) is 10.1. The molecule has 3 unspecified atom stereocenters. The van der Waals surface area contributed by atoms with Crippen LogP contribution < -0.4 is 4.74 Å². The highest BCUT2D eigenvalue weighted by Gasteiger charge is 2.42. The van der Waals surface area contributed by atoms with Gasteiger partial charge in [0.1, 0.15) is 18.0 Å². The van der Waals surface area contributed by atoms with E-state index in [4.69, 9.17) is 25.8 Å². The molecule has 18 heavy (non-hydrogen) atoms. The Labute approximate surface area is 120 Å². The lowest BCUT2D eigenvalue weighted by Gasteiger charge is -2.40. The Balaban J connectivity index is 1.83. The minimum absolute atomic E-state index is 0.0299. The highest BCUT2D eigenvalue weighted by molar-refractivity contribution is 9.10. The van der Waals surface area contributed by atoms with Gasteiger partial charge in [0.15, 0.2) is 0 Å². The Morgan fingerprint density at radius 1 is 1.28 bits per heavy atom. The zero-order valence-corrected chi connectivity index (χ0v) is 12.5. The van der Waals surface area contributed by atoms with Crippen LogP contribution in [0.15, 0.2) is 28.7 Å². The molecule has 0 spiro atoms. The fourth-order valence-electron chi connectivity index (χ4n) is 1.81. The first-order valence-corrected chi connectivity index (χ1v) is 7.10. The highest BCUT2D eigenvalue weighted by Crippen LogP contribution is 2.33. The van der Waals surface area contributed by atoms with Crippen molar-refractivity contribution in [2.24, 2.45) is 0 Å². The summed E-state index contributed by atoms with van der Waals surface area (Å²) in [4.78, 5) is 0. The van der Waals surface area contributed by atoms with Crippen molar-refractivity contribution < 1.29 is 14.2 Å². The minimum atomic E-state index is -0.0505. The third-order valence-corrected chi connectivity index (χ3v) is 3.83. The van der Waals surface area contributed by atoms with Crippen LogP contribution in [-0.4, -0.2) is 37.9 Å². The number of methoxy groups -OCH3 is 1. The molecule has 0 radical (unpaired) electrons. The SMILES string of the molecule is COCCOC1C(Cl)CC1Oc1ccc(Br)cc1. The molecule has 5 heteroatoms. The highest BCUT2D eigenvalue weighted by atomic mass is 79.9. The van der Waals surface area contributed by atoms with Crippen molar-refractivity contribution in [3.8, 4) is 5.75 Å². The van der Waals surface area contributed by atoms with E-state index in [0.717, 1.165) is 16.6 Å². The second-order valence-electron chi connectivity index (χ2n) is 4.19. The molecule has 0 amide bonds. The molecular weight excluding hydrogens is 319 g/mol. The van der Waals surface area contributed by atoms with Crippen LogP contribution in [0.2, 0.25) is 0 Å². The van der Waals surface area contributed by atoms with Gasteiger partial charge in [-0.3, -0.25) is 0 Å². The molecule has 2 rings (SSSR count). The summed E-state index contributed by atoms with van der Waals surface area (Å²) >= 11 is 9.52. The molecule has 0 aromatic heterocycles. The van der Waals surface area contributed by atoms with Crippen LogP contribution in [-0.2, 0) is 9.47 Å². The van der Waals surface area contributed by atoms with Gasteiger partial charge in [0.25, 0.3) is 0 Å². The number of alkyl halides is 1. The number of halogens is 2. The fourth-order valence-corrected chi connectivity index (χ4v) is 2.48. The molecule has 1 aromatic carbocycles. The molecule has 1 aromatic rings. The number of hydrogen-bond donors (Lipinski definition) is 0. The lowest BCUT2D eigenvalue weighted by molar-refractivity contribution is -0.0898. The summed E-state index contributed by atoms with van der Waals surface area (Å²) in [6.45, 7) is 1.12. The minimum Gasteiger partial charge on any atom is -0.488 e. The van der Waals surface area contributed by atoms with E-state index in [2.05, 4.69) is 15.9 Å². The lowest BCUT2D eigenvalue weighted by Crippen LogP contribution is -2.53. The first kappa shape index (κ1) is 14.1. The molecular formula is C13H16BrClO3. The zero-order chi connectivity index (χ0) is 13.0. The number of ether oxygens (including phenoxy) is 3. The summed E-state index contributed by atoms with van der Waals surface area (Å²) in [6.07, 6.45) is 0.797. The van der Waals surface area contributed by atoms with Gasteiger partial charge in [-0.15, -0.1) is 11.6 Å². The van der Waals surface area contributed by atoms with Crippen molar-refractivity contribution in [3.05, 3.63) is 28.7 Å². The smallest absolute Gasteiger partial charge is 0.128 e. The van der Waals surface area contributed by atoms with Gasteiger partial charge in [0, 0.05) is 18.0 Å². The molecule has 0 bridgehead atoms. The normalized spacial score (nSPS) is 26.7. The molecule has 100 valence electrons. The maximum Gasteiger partial charge on any atom is 0.128 e. The van der Waals surface area contributed by atoms with Crippen molar-refractivity contribution >= 4 is 27.5 Å². The van der Waals surface area contributed by atoms with Crippen molar-refractivity contribution in [1.82, 2.24) is 0 Å². The summed E-state index contributed by atoms with van der Waals surface area (Å²) < 4.78 is 17.5. The van der Waals surface area contributed by atoms with Gasteiger partial charge in [-0.2, -0.15) is 0 Å². The Kier molecular flexibility index (Phi) is 5.30. The summed E-state index contributed by atoms with van der Waals surface area (Å²) in [5.41, 5.74) is 0. The van der Waals surface area contributed by atoms with E-state index < -0.39 is 0 Å². The Bertz CT molecular complexity index is 371. The summed E-state index contributed by atoms with van der Waals surface area (Å²) in [6, 6.07) is 7.76. The molecule has 0 N–H and O–H groups in total. The third kappa shape index (κ3) is 3.60. The standard InChI is InChI=1S/C13H16BrClO3/c1-16-6-7-17-13-11(15)8-12(13)18-10-4-2-9(14)3-5-10/h2-5,11-13H,6-8H2,1H3. The monoisotopic (exact) mass is 334 g/mol.